The number of pyridine rings is 1. The minimum absolute atomic E-state index is 0.197. The number of hydrogen-bond acceptors (Lipinski definition) is 3. The molecule has 21 heavy (non-hydrogen) atoms. The Labute approximate surface area is 131 Å². The zero-order valence-corrected chi connectivity index (χ0v) is 13.7. The number of ether oxygens (including phenoxy) is 1. The molecule has 0 radical (unpaired) electrons. The average molecular weight is 311 g/mol. The van der Waals surface area contributed by atoms with Crippen molar-refractivity contribution in [2.75, 3.05) is 6.54 Å². The first-order chi connectivity index (χ1) is 9.85. The molecule has 1 aromatic heterocycles. The maximum Gasteiger partial charge on any atom is 0.410 e. The number of nitrogens with zero attached hydrogens (tertiary/aromatic N) is 2. The highest BCUT2D eigenvalue weighted by Gasteiger charge is 2.31. The molecule has 116 valence electrons. The monoisotopic (exact) mass is 310 g/mol. The average Bonchev–Trinajstić information content (AvgIpc) is 2.83. The molecular formula is C16H23ClN2O2. The summed E-state index contributed by atoms with van der Waals surface area (Å²) in [6, 6.07) is 4.11. The highest BCUT2D eigenvalue weighted by Crippen LogP contribution is 2.24. The molecule has 2 rings (SSSR count). The topological polar surface area (TPSA) is 42.4 Å². The van der Waals surface area contributed by atoms with Crippen molar-refractivity contribution >= 4 is 17.7 Å². The van der Waals surface area contributed by atoms with Gasteiger partial charge in [0.25, 0.3) is 0 Å². The molecule has 0 aliphatic carbocycles. The largest absolute Gasteiger partial charge is 0.444 e. The van der Waals surface area contributed by atoms with E-state index in [0.717, 1.165) is 37.8 Å². The minimum Gasteiger partial charge on any atom is -0.444 e. The first kappa shape index (κ1) is 16.1. The van der Waals surface area contributed by atoms with Crippen LogP contribution in [0.2, 0.25) is 5.15 Å². The van der Waals surface area contributed by atoms with E-state index in [4.69, 9.17) is 16.3 Å². The third kappa shape index (κ3) is 4.88. The lowest BCUT2D eigenvalue weighted by Gasteiger charge is -2.28. The lowest BCUT2D eigenvalue weighted by atomic mass is 10.0. The zero-order valence-electron chi connectivity index (χ0n) is 12.9. The molecule has 1 saturated heterocycles. The fourth-order valence-corrected chi connectivity index (χ4v) is 2.82. The van der Waals surface area contributed by atoms with E-state index < -0.39 is 5.60 Å². The highest BCUT2D eigenvalue weighted by atomic mass is 35.5. The van der Waals surface area contributed by atoms with Crippen molar-refractivity contribution in [3.63, 3.8) is 0 Å². The van der Waals surface area contributed by atoms with Gasteiger partial charge in [-0.2, -0.15) is 0 Å². The minimum atomic E-state index is -0.442. The number of likely N-dealkylation sites (tertiary alicyclic amines) is 1. The Morgan fingerprint density at radius 3 is 2.95 bits per heavy atom. The molecule has 0 saturated carbocycles. The molecule has 2 heterocycles. The van der Waals surface area contributed by atoms with Crippen molar-refractivity contribution in [1.82, 2.24) is 9.88 Å². The van der Waals surface area contributed by atoms with Crippen molar-refractivity contribution < 1.29 is 9.53 Å². The third-order valence-corrected chi connectivity index (χ3v) is 3.77. The molecule has 1 amide bonds. The van der Waals surface area contributed by atoms with E-state index in [1.54, 1.807) is 6.20 Å². The van der Waals surface area contributed by atoms with Gasteiger partial charge in [-0.1, -0.05) is 11.6 Å². The Balaban J connectivity index is 1.91. The first-order valence-corrected chi connectivity index (χ1v) is 7.83. The number of hydrogen-bond donors (Lipinski definition) is 0. The molecule has 0 N–H and O–H groups in total. The molecule has 0 bridgehead atoms. The molecule has 0 unspecified atom stereocenters. The summed E-state index contributed by atoms with van der Waals surface area (Å²) in [4.78, 5) is 18.1. The number of aryl methyl sites for hydroxylation is 1. The summed E-state index contributed by atoms with van der Waals surface area (Å²) < 4.78 is 5.48. The van der Waals surface area contributed by atoms with Crippen molar-refractivity contribution in [2.45, 2.75) is 58.1 Å². The van der Waals surface area contributed by atoms with Crippen LogP contribution in [0.5, 0.6) is 0 Å². The summed E-state index contributed by atoms with van der Waals surface area (Å²) in [5, 5.41) is 0.517. The second kappa shape index (κ2) is 6.65. The summed E-state index contributed by atoms with van der Waals surface area (Å²) >= 11 is 5.90. The van der Waals surface area contributed by atoms with Gasteiger partial charge in [0.1, 0.15) is 10.8 Å². The molecule has 0 aromatic carbocycles. The Morgan fingerprint density at radius 1 is 1.52 bits per heavy atom. The van der Waals surface area contributed by atoms with E-state index in [1.165, 1.54) is 0 Å². The number of aromatic nitrogens is 1. The van der Waals surface area contributed by atoms with Gasteiger partial charge in [-0.15, -0.1) is 0 Å². The molecule has 4 nitrogen and oxygen atoms in total. The van der Waals surface area contributed by atoms with Crippen molar-refractivity contribution in [3.05, 3.63) is 29.0 Å². The molecule has 0 spiro atoms. The van der Waals surface area contributed by atoms with E-state index in [9.17, 15) is 4.79 Å². The lowest BCUT2D eigenvalue weighted by Crippen LogP contribution is -2.40. The standard InChI is InChI=1S/C16H23ClN2O2/c1-16(2,3)21-15(20)19-10-4-5-13(19)7-6-12-8-9-18-14(17)11-12/h8-9,11,13H,4-7,10H2,1-3H3/t13-/m1/s1. The number of amides is 1. The zero-order chi connectivity index (χ0) is 15.5. The van der Waals surface area contributed by atoms with E-state index >= 15 is 0 Å². The summed E-state index contributed by atoms with van der Waals surface area (Å²) in [6.07, 6.45) is 5.43. The normalized spacial score (nSPS) is 18.9. The Morgan fingerprint density at radius 2 is 2.29 bits per heavy atom. The predicted molar refractivity (Wildman–Crippen MR) is 83.5 cm³/mol. The second-order valence-corrected chi connectivity index (χ2v) is 6.88. The molecule has 1 aliphatic rings. The fourth-order valence-electron chi connectivity index (χ4n) is 2.63. The van der Waals surface area contributed by atoms with Crippen LogP contribution in [0, 0.1) is 0 Å². The molecule has 1 aliphatic heterocycles. The van der Waals surface area contributed by atoms with E-state index in [1.807, 2.05) is 37.8 Å². The van der Waals surface area contributed by atoms with Gasteiger partial charge in [0, 0.05) is 18.8 Å². The maximum absolute atomic E-state index is 12.2. The smallest absolute Gasteiger partial charge is 0.410 e. The van der Waals surface area contributed by atoms with Crippen LogP contribution in [-0.4, -0.2) is 34.2 Å². The summed E-state index contributed by atoms with van der Waals surface area (Å²) in [7, 11) is 0. The highest BCUT2D eigenvalue weighted by molar-refractivity contribution is 6.29. The van der Waals surface area contributed by atoms with Gasteiger partial charge in [0.15, 0.2) is 0 Å². The SMILES string of the molecule is CC(C)(C)OC(=O)N1CCC[C@@H]1CCc1ccnc(Cl)c1. The van der Waals surface area contributed by atoms with Crippen LogP contribution in [0.4, 0.5) is 4.79 Å². The van der Waals surface area contributed by atoms with E-state index in [-0.39, 0.29) is 12.1 Å². The second-order valence-electron chi connectivity index (χ2n) is 6.50. The Hall–Kier alpha value is -1.29. The number of carbonyl (C=O) groups excluding carboxylic acids is 1. The maximum atomic E-state index is 12.2. The molecular weight excluding hydrogens is 288 g/mol. The molecule has 1 fully saturated rings. The Bertz CT molecular complexity index is 499. The van der Waals surface area contributed by atoms with E-state index in [0.29, 0.717) is 5.15 Å². The lowest BCUT2D eigenvalue weighted by molar-refractivity contribution is 0.0220. The Kier molecular flexibility index (Phi) is 5.09. The van der Waals surface area contributed by atoms with Crippen LogP contribution < -0.4 is 0 Å². The quantitative estimate of drug-likeness (QED) is 0.790. The van der Waals surface area contributed by atoms with Gasteiger partial charge in [-0.25, -0.2) is 9.78 Å². The van der Waals surface area contributed by atoms with Crippen molar-refractivity contribution in [3.8, 4) is 0 Å². The molecule has 5 heteroatoms. The first-order valence-electron chi connectivity index (χ1n) is 7.45. The number of halogens is 1. The van der Waals surface area contributed by atoms with Crippen molar-refractivity contribution in [1.29, 1.82) is 0 Å². The van der Waals surface area contributed by atoms with Gasteiger partial charge in [-0.3, -0.25) is 0 Å². The molecule has 1 aromatic rings. The fraction of sp³-hybridized carbons (Fsp3) is 0.625. The van der Waals surface area contributed by atoms with Crippen LogP contribution >= 0.6 is 11.6 Å². The van der Waals surface area contributed by atoms with Crippen LogP contribution in [0.1, 0.15) is 45.6 Å². The van der Waals surface area contributed by atoms with Gasteiger partial charge in [0.2, 0.25) is 0 Å². The summed E-state index contributed by atoms with van der Waals surface area (Å²) in [6.45, 7) is 6.48. The van der Waals surface area contributed by atoms with Crippen LogP contribution in [0.3, 0.4) is 0 Å². The van der Waals surface area contributed by atoms with Crippen LogP contribution in [-0.2, 0) is 11.2 Å². The van der Waals surface area contributed by atoms with Crippen molar-refractivity contribution in [2.24, 2.45) is 0 Å². The van der Waals surface area contributed by atoms with Gasteiger partial charge in [0.05, 0.1) is 0 Å². The number of carbonyl (C=O) groups is 1. The number of rotatable bonds is 3. The van der Waals surface area contributed by atoms with Gasteiger partial charge < -0.3 is 9.64 Å². The van der Waals surface area contributed by atoms with Gasteiger partial charge in [-0.05, 0) is 64.2 Å². The molecule has 1 atom stereocenters. The van der Waals surface area contributed by atoms with Crippen LogP contribution in [0.15, 0.2) is 18.3 Å². The third-order valence-electron chi connectivity index (χ3n) is 3.56. The van der Waals surface area contributed by atoms with E-state index in [2.05, 4.69) is 4.98 Å². The summed E-state index contributed by atoms with van der Waals surface area (Å²) in [5.74, 6) is 0. The summed E-state index contributed by atoms with van der Waals surface area (Å²) in [5.41, 5.74) is 0.717. The van der Waals surface area contributed by atoms with Crippen LogP contribution in [0.25, 0.3) is 0 Å². The van der Waals surface area contributed by atoms with Gasteiger partial charge >= 0.3 is 6.09 Å². The predicted octanol–water partition coefficient (Wildman–Crippen LogP) is 4.07.